The van der Waals surface area contributed by atoms with Gasteiger partial charge in [-0.2, -0.15) is 0 Å². The summed E-state index contributed by atoms with van der Waals surface area (Å²) in [6.07, 6.45) is 0. The molecule has 0 spiro atoms. The molecule has 2 aromatic rings. The van der Waals surface area contributed by atoms with Gasteiger partial charge in [0, 0.05) is 16.6 Å². The van der Waals surface area contributed by atoms with Crippen molar-refractivity contribution >= 4 is 18.7 Å². The van der Waals surface area contributed by atoms with Crippen LogP contribution >= 0.6 is 7.82 Å². The molecular weight excluding hydrogens is 276 g/mol. The Balaban J connectivity index is 0.00000180. The lowest BCUT2D eigenvalue weighted by atomic mass is 10.2. The molecule has 0 bridgehead atoms. The van der Waals surface area contributed by atoms with Crippen LogP contribution in [0.15, 0.2) is 24.3 Å². The summed E-state index contributed by atoms with van der Waals surface area (Å²) in [5.74, 6) is 0.635. The van der Waals surface area contributed by atoms with Crippen LogP contribution in [0.3, 0.4) is 0 Å². The second-order valence-corrected chi connectivity index (χ2v) is 5.11. The summed E-state index contributed by atoms with van der Waals surface area (Å²) in [6.45, 7) is 1.89. The van der Waals surface area contributed by atoms with E-state index in [1.165, 1.54) is 0 Å². The Kier molecular flexibility index (Phi) is 5.08. The van der Waals surface area contributed by atoms with Gasteiger partial charge in [-0.3, -0.25) is 9.23 Å². The van der Waals surface area contributed by atoms with Crippen LogP contribution in [0.25, 0.3) is 10.9 Å². The molecule has 1 heterocycles. The molecule has 0 aliphatic heterocycles. The van der Waals surface area contributed by atoms with Crippen molar-refractivity contribution in [3.05, 3.63) is 30.0 Å². The third kappa shape index (κ3) is 4.65. The molecule has 106 valence electrons. The number of ether oxygens (including phenoxy) is 1. The van der Waals surface area contributed by atoms with Crippen LogP contribution in [0.2, 0.25) is 0 Å². The van der Waals surface area contributed by atoms with E-state index < -0.39 is 7.82 Å². The van der Waals surface area contributed by atoms with Crippen LogP contribution in [0.5, 0.6) is 5.75 Å². The second-order valence-electron chi connectivity index (χ2n) is 3.87. The number of fused-ring (bicyclic) bond motifs is 1. The SMILES string of the molecule is Cc1cc2cc(OCCOP(=O)(O)O)ccc2[nH]1.F. The van der Waals surface area contributed by atoms with Crippen LogP contribution in [0, 0.1) is 6.92 Å². The van der Waals surface area contributed by atoms with E-state index in [4.69, 9.17) is 14.5 Å². The van der Waals surface area contributed by atoms with E-state index in [0.29, 0.717) is 5.75 Å². The van der Waals surface area contributed by atoms with Gasteiger partial charge in [0.1, 0.15) is 12.4 Å². The second kappa shape index (κ2) is 6.16. The fourth-order valence-electron chi connectivity index (χ4n) is 1.66. The average Bonchev–Trinajstić information content (AvgIpc) is 2.62. The van der Waals surface area contributed by atoms with Crippen LogP contribution in [-0.2, 0) is 9.09 Å². The van der Waals surface area contributed by atoms with Crippen LogP contribution in [0.1, 0.15) is 5.69 Å². The summed E-state index contributed by atoms with van der Waals surface area (Å²) in [6, 6.07) is 7.53. The molecule has 0 fully saturated rings. The summed E-state index contributed by atoms with van der Waals surface area (Å²) < 4.78 is 20.0. The van der Waals surface area contributed by atoms with E-state index in [2.05, 4.69) is 9.51 Å². The number of aromatic amines is 1. The number of nitrogens with one attached hydrogen (secondary N) is 1. The number of aromatic nitrogens is 1. The van der Waals surface area contributed by atoms with E-state index in [9.17, 15) is 4.57 Å². The first-order chi connectivity index (χ1) is 8.44. The maximum absolute atomic E-state index is 10.4. The zero-order chi connectivity index (χ0) is 13.2. The van der Waals surface area contributed by atoms with Crippen LogP contribution in [0.4, 0.5) is 4.70 Å². The van der Waals surface area contributed by atoms with Gasteiger partial charge in [0.2, 0.25) is 0 Å². The summed E-state index contributed by atoms with van der Waals surface area (Å²) in [5.41, 5.74) is 2.08. The van der Waals surface area contributed by atoms with Gasteiger partial charge >= 0.3 is 7.82 Å². The lowest BCUT2D eigenvalue weighted by Gasteiger charge is -2.07. The van der Waals surface area contributed by atoms with Gasteiger partial charge in [0.05, 0.1) is 6.61 Å². The average molecular weight is 291 g/mol. The minimum absolute atomic E-state index is 0. The van der Waals surface area contributed by atoms with Crippen molar-refractivity contribution < 1.29 is 28.3 Å². The summed E-state index contributed by atoms with van der Waals surface area (Å²) in [4.78, 5) is 20.2. The minimum Gasteiger partial charge on any atom is -0.491 e. The van der Waals surface area contributed by atoms with Crippen molar-refractivity contribution in [1.82, 2.24) is 4.98 Å². The molecule has 19 heavy (non-hydrogen) atoms. The molecule has 0 saturated carbocycles. The van der Waals surface area contributed by atoms with Crippen molar-refractivity contribution in [3.63, 3.8) is 0 Å². The highest BCUT2D eigenvalue weighted by Gasteiger charge is 2.12. The summed E-state index contributed by atoms with van der Waals surface area (Å²) >= 11 is 0. The number of rotatable bonds is 5. The van der Waals surface area contributed by atoms with Gasteiger partial charge in [0.25, 0.3) is 0 Å². The fraction of sp³-hybridized carbons (Fsp3) is 0.273. The van der Waals surface area contributed by atoms with Crippen molar-refractivity contribution in [2.75, 3.05) is 13.2 Å². The number of aryl methyl sites for hydroxylation is 1. The predicted octanol–water partition coefficient (Wildman–Crippen LogP) is 2.12. The van der Waals surface area contributed by atoms with Gasteiger partial charge in [-0.05, 0) is 31.2 Å². The third-order valence-electron chi connectivity index (χ3n) is 2.34. The number of H-pyrrole nitrogens is 1. The molecule has 0 saturated heterocycles. The van der Waals surface area contributed by atoms with E-state index in [1.807, 2.05) is 25.1 Å². The largest absolute Gasteiger partial charge is 0.491 e. The highest BCUT2D eigenvalue weighted by atomic mass is 31.2. The number of halogens is 1. The summed E-state index contributed by atoms with van der Waals surface area (Å²) in [5, 5.41) is 1.03. The standard InChI is InChI=1S/C11H14NO5P.FH/c1-8-6-9-7-10(2-3-11(9)12-8)16-4-5-17-18(13,14)15;/h2-3,6-7,12H,4-5H2,1H3,(H2,13,14,15);1H. The molecule has 0 amide bonds. The van der Waals surface area contributed by atoms with Crippen LogP contribution in [-0.4, -0.2) is 28.0 Å². The van der Waals surface area contributed by atoms with Crippen molar-refractivity contribution in [1.29, 1.82) is 0 Å². The van der Waals surface area contributed by atoms with Gasteiger partial charge in [-0.15, -0.1) is 0 Å². The summed E-state index contributed by atoms with van der Waals surface area (Å²) in [7, 11) is -4.41. The minimum atomic E-state index is -4.41. The normalized spacial score (nSPS) is 11.3. The van der Waals surface area contributed by atoms with Crippen molar-refractivity contribution in [3.8, 4) is 5.75 Å². The molecular formula is C11H15FNO5P. The van der Waals surface area contributed by atoms with Gasteiger partial charge in [-0.1, -0.05) is 0 Å². The van der Waals surface area contributed by atoms with Crippen LogP contribution < -0.4 is 4.74 Å². The number of benzene rings is 1. The molecule has 6 nitrogen and oxygen atoms in total. The monoisotopic (exact) mass is 291 g/mol. The quantitative estimate of drug-likeness (QED) is 0.579. The highest BCUT2D eigenvalue weighted by molar-refractivity contribution is 7.46. The Morgan fingerprint density at radius 3 is 2.68 bits per heavy atom. The molecule has 0 unspecified atom stereocenters. The molecule has 0 radical (unpaired) electrons. The number of phosphoric acid groups is 1. The molecule has 3 N–H and O–H groups in total. The maximum Gasteiger partial charge on any atom is 0.469 e. The van der Waals surface area contributed by atoms with Gasteiger partial charge in [-0.25, -0.2) is 4.57 Å². The number of hydrogen-bond acceptors (Lipinski definition) is 3. The molecule has 0 atom stereocenters. The first-order valence-electron chi connectivity index (χ1n) is 5.36. The number of hydrogen-bond donors (Lipinski definition) is 3. The van der Waals surface area contributed by atoms with E-state index in [1.54, 1.807) is 6.07 Å². The first kappa shape index (κ1) is 15.7. The Hall–Kier alpha value is -1.40. The first-order valence-corrected chi connectivity index (χ1v) is 6.89. The number of phosphoric ester groups is 1. The Labute approximate surface area is 109 Å². The fourth-order valence-corrected chi connectivity index (χ4v) is 1.97. The molecule has 1 aromatic carbocycles. The van der Waals surface area contributed by atoms with Gasteiger partial charge < -0.3 is 19.5 Å². The Morgan fingerprint density at radius 2 is 2.00 bits per heavy atom. The molecule has 0 aliphatic rings. The zero-order valence-electron chi connectivity index (χ0n) is 10.2. The predicted molar refractivity (Wildman–Crippen MR) is 69.0 cm³/mol. The van der Waals surface area contributed by atoms with E-state index >= 15 is 0 Å². The van der Waals surface area contributed by atoms with Crippen molar-refractivity contribution in [2.45, 2.75) is 6.92 Å². The smallest absolute Gasteiger partial charge is 0.469 e. The van der Waals surface area contributed by atoms with E-state index in [0.717, 1.165) is 16.6 Å². The van der Waals surface area contributed by atoms with Gasteiger partial charge in [0.15, 0.2) is 0 Å². The highest BCUT2D eigenvalue weighted by Crippen LogP contribution is 2.35. The zero-order valence-corrected chi connectivity index (χ0v) is 11.1. The lowest BCUT2D eigenvalue weighted by Crippen LogP contribution is -2.05. The Bertz CT molecular complexity index is 594. The maximum atomic E-state index is 10.4. The lowest BCUT2D eigenvalue weighted by molar-refractivity contribution is 0.160. The van der Waals surface area contributed by atoms with E-state index in [-0.39, 0.29) is 17.9 Å². The molecule has 8 heteroatoms. The molecule has 1 aromatic heterocycles. The topological polar surface area (TPSA) is 91.8 Å². The Morgan fingerprint density at radius 1 is 1.26 bits per heavy atom. The molecule has 2 rings (SSSR count). The molecule has 0 aliphatic carbocycles. The third-order valence-corrected chi connectivity index (χ3v) is 2.86. The van der Waals surface area contributed by atoms with Crippen molar-refractivity contribution in [2.24, 2.45) is 0 Å².